The van der Waals surface area contributed by atoms with Crippen molar-refractivity contribution in [2.45, 2.75) is 65.0 Å². The van der Waals surface area contributed by atoms with Crippen LogP contribution in [0.4, 0.5) is 0 Å². The number of hydrogen-bond donors (Lipinski definition) is 0. The highest BCUT2D eigenvalue weighted by Gasteiger charge is 2.34. The normalized spacial score (nSPS) is 31.8. The van der Waals surface area contributed by atoms with Crippen LogP contribution in [0.5, 0.6) is 0 Å². The molecule has 3 heteroatoms. The van der Waals surface area contributed by atoms with E-state index in [9.17, 15) is 4.79 Å². The second kappa shape index (κ2) is 6.25. The maximum Gasteiger partial charge on any atom is 0.320 e. The van der Waals surface area contributed by atoms with E-state index in [0.29, 0.717) is 30.3 Å². The predicted octanol–water partition coefficient (Wildman–Crippen LogP) is 3.08. The minimum absolute atomic E-state index is 0.0286. The Balaban J connectivity index is 1.84. The molecule has 2 fully saturated rings. The highest BCUT2D eigenvalue weighted by atomic mass is 16.5. The Kier molecular flexibility index (Phi) is 4.88. The van der Waals surface area contributed by atoms with Gasteiger partial charge in [0.1, 0.15) is 6.10 Å². The molecule has 0 bridgehead atoms. The van der Waals surface area contributed by atoms with Crippen molar-refractivity contribution in [1.29, 1.82) is 0 Å². The van der Waals surface area contributed by atoms with Crippen molar-refractivity contribution < 1.29 is 9.53 Å². The lowest BCUT2D eigenvalue weighted by Crippen LogP contribution is -2.38. The van der Waals surface area contributed by atoms with E-state index in [1.165, 1.54) is 25.7 Å². The molecule has 2 aliphatic carbocycles. The van der Waals surface area contributed by atoms with Gasteiger partial charge in [-0.05, 0) is 50.5 Å². The molecule has 2 rings (SSSR count). The zero-order chi connectivity index (χ0) is 14.0. The highest BCUT2D eigenvalue weighted by molar-refractivity contribution is 5.72. The monoisotopic (exact) mass is 267 g/mol. The Labute approximate surface area is 117 Å². The van der Waals surface area contributed by atoms with Crippen LogP contribution in [-0.2, 0) is 9.53 Å². The van der Waals surface area contributed by atoms with E-state index in [4.69, 9.17) is 4.74 Å². The van der Waals surface area contributed by atoms with Crippen molar-refractivity contribution >= 4 is 5.97 Å². The summed E-state index contributed by atoms with van der Waals surface area (Å²) in [5.74, 6) is 1.81. The van der Waals surface area contributed by atoms with Gasteiger partial charge in [0.25, 0.3) is 0 Å². The molecule has 0 aromatic rings. The minimum atomic E-state index is -0.0286. The summed E-state index contributed by atoms with van der Waals surface area (Å²) >= 11 is 0. The van der Waals surface area contributed by atoms with Crippen molar-refractivity contribution in [3.05, 3.63) is 0 Å². The third-order valence-electron chi connectivity index (χ3n) is 4.79. The molecule has 0 heterocycles. The molecule has 0 saturated heterocycles. The SMILES string of the molecule is CC(C)[C@@H]1CC[C@@H](C)C[C@H]1OC(=O)CN(C)C1CC1. The van der Waals surface area contributed by atoms with Crippen LogP contribution in [0.2, 0.25) is 0 Å². The molecule has 3 nitrogen and oxygen atoms in total. The number of nitrogens with zero attached hydrogens (tertiary/aromatic N) is 1. The molecule has 110 valence electrons. The van der Waals surface area contributed by atoms with E-state index in [2.05, 4.69) is 25.7 Å². The van der Waals surface area contributed by atoms with Crippen molar-refractivity contribution in [2.24, 2.45) is 17.8 Å². The largest absolute Gasteiger partial charge is 0.461 e. The molecule has 0 amide bonds. The Morgan fingerprint density at radius 2 is 1.95 bits per heavy atom. The minimum Gasteiger partial charge on any atom is -0.461 e. The average molecular weight is 267 g/mol. The lowest BCUT2D eigenvalue weighted by Gasteiger charge is -2.37. The van der Waals surface area contributed by atoms with E-state index in [1.54, 1.807) is 0 Å². The topological polar surface area (TPSA) is 29.5 Å². The third-order valence-corrected chi connectivity index (χ3v) is 4.79. The lowest BCUT2D eigenvalue weighted by atomic mass is 9.75. The molecular formula is C16H29NO2. The first-order valence-corrected chi connectivity index (χ1v) is 7.87. The van der Waals surface area contributed by atoms with E-state index in [1.807, 2.05) is 7.05 Å². The summed E-state index contributed by atoms with van der Waals surface area (Å²) in [7, 11) is 2.03. The quantitative estimate of drug-likeness (QED) is 0.717. The van der Waals surface area contributed by atoms with Crippen LogP contribution in [0, 0.1) is 17.8 Å². The maximum atomic E-state index is 12.1. The van der Waals surface area contributed by atoms with Gasteiger partial charge >= 0.3 is 5.97 Å². The van der Waals surface area contributed by atoms with Crippen LogP contribution in [0.1, 0.15) is 52.9 Å². The summed E-state index contributed by atoms with van der Waals surface area (Å²) in [4.78, 5) is 14.2. The van der Waals surface area contributed by atoms with Gasteiger partial charge in [-0.25, -0.2) is 0 Å². The van der Waals surface area contributed by atoms with Gasteiger partial charge in [-0.3, -0.25) is 9.69 Å². The summed E-state index contributed by atoms with van der Waals surface area (Å²) in [6, 6.07) is 0.624. The highest BCUT2D eigenvalue weighted by Crippen LogP contribution is 2.35. The van der Waals surface area contributed by atoms with Gasteiger partial charge in [0.05, 0.1) is 6.54 Å². The molecule has 3 atom stereocenters. The van der Waals surface area contributed by atoms with Gasteiger partial charge in [0, 0.05) is 6.04 Å². The fraction of sp³-hybridized carbons (Fsp3) is 0.938. The van der Waals surface area contributed by atoms with E-state index >= 15 is 0 Å². The van der Waals surface area contributed by atoms with Gasteiger partial charge < -0.3 is 4.74 Å². The molecule has 0 aromatic heterocycles. The first-order valence-electron chi connectivity index (χ1n) is 7.87. The zero-order valence-corrected chi connectivity index (χ0v) is 12.9. The smallest absolute Gasteiger partial charge is 0.320 e. The Morgan fingerprint density at radius 3 is 2.53 bits per heavy atom. The van der Waals surface area contributed by atoms with Crippen LogP contribution in [0.15, 0.2) is 0 Å². The molecular weight excluding hydrogens is 238 g/mol. The number of carbonyl (C=O) groups is 1. The van der Waals surface area contributed by atoms with Gasteiger partial charge in [-0.2, -0.15) is 0 Å². The van der Waals surface area contributed by atoms with Crippen LogP contribution >= 0.6 is 0 Å². The number of rotatable bonds is 5. The molecule has 0 aromatic carbocycles. The van der Waals surface area contributed by atoms with Crippen molar-refractivity contribution in [1.82, 2.24) is 4.90 Å². The average Bonchev–Trinajstić information content (AvgIpc) is 3.11. The number of likely N-dealkylation sites (N-methyl/N-ethyl adjacent to an activating group) is 1. The molecule has 0 radical (unpaired) electrons. The third kappa shape index (κ3) is 4.20. The zero-order valence-electron chi connectivity index (χ0n) is 12.9. The van der Waals surface area contributed by atoms with Crippen LogP contribution in [0.25, 0.3) is 0 Å². The summed E-state index contributed by atoms with van der Waals surface area (Å²) < 4.78 is 5.80. The number of ether oxygens (including phenoxy) is 1. The summed E-state index contributed by atoms with van der Waals surface area (Å²) in [5.41, 5.74) is 0. The summed E-state index contributed by atoms with van der Waals surface area (Å²) in [5, 5.41) is 0. The molecule has 0 N–H and O–H groups in total. The number of esters is 1. The molecule has 19 heavy (non-hydrogen) atoms. The van der Waals surface area contributed by atoms with Crippen LogP contribution in [-0.4, -0.2) is 36.6 Å². The lowest BCUT2D eigenvalue weighted by molar-refractivity contribution is -0.157. The van der Waals surface area contributed by atoms with Gasteiger partial charge in [0.2, 0.25) is 0 Å². The van der Waals surface area contributed by atoms with Crippen molar-refractivity contribution in [3.8, 4) is 0 Å². The molecule has 2 saturated carbocycles. The van der Waals surface area contributed by atoms with Gasteiger partial charge in [-0.15, -0.1) is 0 Å². The summed E-state index contributed by atoms with van der Waals surface area (Å²) in [6.07, 6.45) is 6.14. The molecule has 2 aliphatic rings. The van der Waals surface area contributed by atoms with E-state index in [0.717, 1.165) is 6.42 Å². The number of hydrogen-bond acceptors (Lipinski definition) is 3. The fourth-order valence-electron chi connectivity index (χ4n) is 3.30. The second-order valence-electron chi connectivity index (χ2n) is 7.00. The first-order chi connectivity index (χ1) is 8.97. The fourth-order valence-corrected chi connectivity index (χ4v) is 3.30. The Morgan fingerprint density at radius 1 is 1.26 bits per heavy atom. The predicted molar refractivity (Wildman–Crippen MR) is 76.9 cm³/mol. The first kappa shape index (κ1) is 14.8. The molecule has 0 unspecified atom stereocenters. The van der Waals surface area contributed by atoms with Crippen LogP contribution in [0.3, 0.4) is 0 Å². The van der Waals surface area contributed by atoms with Crippen molar-refractivity contribution in [2.75, 3.05) is 13.6 Å². The van der Waals surface area contributed by atoms with E-state index < -0.39 is 0 Å². The van der Waals surface area contributed by atoms with Gasteiger partial charge in [0.15, 0.2) is 0 Å². The van der Waals surface area contributed by atoms with Crippen molar-refractivity contribution in [3.63, 3.8) is 0 Å². The van der Waals surface area contributed by atoms with Gasteiger partial charge in [-0.1, -0.05) is 27.2 Å². The summed E-state index contributed by atoms with van der Waals surface area (Å²) in [6.45, 7) is 7.23. The standard InChI is InChI=1S/C16H29NO2/c1-11(2)14-8-5-12(3)9-15(14)19-16(18)10-17(4)13-6-7-13/h11-15H,5-10H2,1-4H3/t12-,14+,15-/m1/s1. The molecule has 0 aliphatic heterocycles. The Hall–Kier alpha value is -0.570. The molecule has 0 spiro atoms. The second-order valence-corrected chi connectivity index (χ2v) is 7.00. The number of carbonyl (C=O) groups excluding carboxylic acids is 1. The maximum absolute atomic E-state index is 12.1. The Bertz CT molecular complexity index is 312. The van der Waals surface area contributed by atoms with E-state index in [-0.39, 0.29) is 12.1 Å². The van der Waals surface area contributed by atoms with Crippen LogP contribution < -0.4 is 0 Å².